The fourth-order valence-electron chi connectivity index (χ4n) is 2.38. The molecule has 0 atom stereocenters. The van der Waals surface area contributed by atoms with Crippen LogP contribution in [0.25, 0.3) is 0 Å². The Kier molecular flexibility index (Phi) is 5.44. The zero-order valence-corrected chi connectivity index (χ0v) is 15.0. The average molecular weight is 360 g/mol. The summed E-state index contributed by atoms with van der Waals surface area (Å²) in [5.74, 6) is -2.48. The van der Waals surface area contributed by atoms with Gasteiger partial charge in [0.25, 0.3) is 5.56 Å². The fourth-order valence-corrected chi connectivity index (χ4v) is 2.38. The zero-order chi connectivity index (χ0) is 19.5. The number of hydrogen-bond acceptors (Lipinski definition) is 7. The molecule has 26 heavy (non-hydrogen) atoms. The summed E-state index contributed by atoms with van der Waals surface area (Å²) in [6, 6.07) is 9.11. The molecule has 0 fully saturated rings. The van der Waals surface area contributed by atoms with Crippen molar-refractivity contribution in [2.45, 2.75) is 25.9 Å². The summed E-state index contributed by atoms with van der Waals surface area (Å²) in [5.41, 5.74) is -1.95. The molecule has 1 heterocycles. The lowest BCUT2D eigenvalue weighted by atomic mass is 9.92. The van der Waals surface area contributed by atoms with Gasteiger partial charge in [-0.1, -0.05) is 30.3 Å². The van der Waals surface area contributed by atoms with E-state index in [4.69, 9.17) is 4.74 Å². The van der Waals surface area contributed by atoms with Crippen LogP contribution in [0.2, 0.25) is 0 Å². The number of methoxy groups -OCH3 is 1. The van der Waals surface area contributed by atoms with E-state index in [2.05, 4.69) is 9.72 Å². The van der Waals surface area contributed by atoms with Gasteiger partial charge in [-0.2, -0.15) is 0 Å². The Balaban J connectivity index is 2.38. The van der Waals surface area contributed by atoms with Gasteiger partial charge in [-0.05, 0) is 19.4 Å². The number of nitrogens with zero attached hydrogens (tertiary/aromatic N) is 2. The lowest BCUT2D eigenvalue weighted by molar-refractivity contribution is -0.151. The van der Waals surface area contributed by atoms with Crippen LogP contribution in [0.15, 0.2) is 35.1 Å². The summed E-state index contributed by atoms with van der Waals surface area (Å²) >= 11 is 0. The first kappa shape index (κ1) is 19.2. The van der Waals surface area contributed by atoms with Gasteiger partial charge in [-0.15, -0.1) is 0 Å². The van der Waals surface area contributed by atoms with E-state index >= 15 is 0 Å². The molecule has 0 bridgehead atoms. The Morgan fingerprint density at radius 2 is 1.85 bits per heavy atom. The van der Waals surface area contributed by atoms with Gasteiger partial charge in [-0.3, -0.25) is 14.2 Å². The second-order valence-corrected chi connectivity index (χ2v) is 6.18. The van der Waals surface area contributed by atoms with Gasteiger partial charge in [0.2, 0.25) is 5.75 Å². The number of aromatic hydroxyl groups is 1. The monoisotopic (exact) mass is 360 g/mol. The minimum Gasteiger partial charge on any atom is -0.501 e. The number of benzene rings is 1. The maximum Gasteiger partial charge on any atom is 0.360 e. The molecule has 138 valence electrons. The Morgan fingerprint density at radius 3 is 2.42 bits per heavy atom. The van der Waals surface area contributed by atoms with Crippen LogP contribution in [-0.4, -0.2) is 33.7 Å². The van der Waals surface area contributed by atoms with E-state index in [0.29, 0.717) is 0 Å². The molecule has 0 saturated heterocycles. The van der Waals surface area contributed by atoms with Crippen molar-refractivity contribution < 1.29 is 24.2 Å². The second kappa shape index (κ2) is 7.38. The van der Waals surface area contributed by atoms with Crippen LogP contribution in [0, 0.1) is 0 Å². The van der Waals surface area contributed by atoms with Crippen LogP contribution >= 0.6 is 0 Å². The van der Waals surface area contributed by atoms with Gasteiger partial charge < -0.3 is 14.6 Å². The van der Waals surface area contributed by atoms with Crippen molar-refractivity contribution in [3.05, 3.63) is 57.8 Å². The van der Waals surface area contributed by atoms with Crippen molar-refractivity contribution in [2.24, 2.45) is 7.05 Å². The minimum absolute atomic E-state index is 0.0289. The number of rotatable bonds is 5. The van der Waals surface area contributed by atoms with Crippen molar-refractivity contribution >= 4 is 11.9 Å². The molecule has 0 aliphatic carbocycles. The van der Waals surface area contributed by atoms with Crippen molar-refractivity contribution in [1.82, 2.24) is 9.55 Å². The SMILES string of the molecule is COC(=O)c1nc(C(C)(C)C(=O)OCc2ccccc2)n(C)c(=O)c1O. The van der Waals surface area contributed by atoms with Crippen LogP contribution in [0.1, 0.15) is 35.7 Å². The summed E-state index contributed by atoms with van der Waals surface area (Å²) < 4.78 is 10.9. The highest BCUT2D eigenvalue weighted by Gasteiger charge is 2.37. The van der Waals surface area contributed by atoms with Gasteiger partial charge >= 0.3 is 11.9 Å². The van der Waals surface area contributed by atoms with Gasteiger partial charge in [0, 0.05) is 7.05 Å². The summed E-state index contributed by atoms with van der Waals surface area (Å²) in [6.07, 6.45) is 0. The molecule has 0 amide bonds. The molecule has 0 saturated carbocycles. The van der Waals surface area contributed by atoms with Crippen molar-refractivity contribution in [1.29, 1.82) is 0 Å². The number of esters is 2. The lowest BCUT2D eigenvalue weighted by Gasteiger charge is -2.24. The van der Waals surface area contributed by atoms with Crippen LogP contribution in [0.3, 0.4) is 0 Å². The van der Waals surface area contributed by atoms with Gasteiger partial charge in [-0.25, -0.2) is 9.78 Å². The van der Waals surface area contributed by atoms with Crippen molar-refractivity contribution in [2.75, 3.05) is 7.11 Å². The number of aromatic nitrogens is 2. The zero-order valence-electron chi connectivity index (χ0n) is 15.0. The van der Waals surface area contributed by atoms with E-state index in [0.717, 1.165) is 17.2 Å². The van der Waals surface area contributed by atoms with Crippen LogP contribution in [-0.2, 0) is 33.3 Å². The molecule has 2 rings (SSSR count). The Hall–Kier alpha value is -3.16. The van der Waals surface area contributed by atoms with Crippen LogP contribution in [0.4, 0.5) is 0 Å². The Labute approximate surface area is 150 Å². The molecule has 1 aromatic carbocycles. The molecule has 0 spiro atoms. The Morgan fingerprint density at radius 1 is 1.23 bits per heavy atom. The summed E-state index contributed by atoms with van der Waals surface area (Å²) in [5, 5.41) is 9.85. The topological polar surface area (TPSA) is 108 Å². The number of hydrogen-bond donors (Lipinski definition) is 1. The molecular formula is C18H20N2O6. The summed E-state index contributed by atoms with van der Waals surface area (Å²) in [4.78, 5) is 40.5. The van der Waals surface area contributed by atoms with E-state index in [1.165, 1.54) is 20.9 Å². The highest BCUT2D eigenvalue weighted by atomic mass is 16.5. The number of carbonyl (C=O) groups is 2. The third-order valence-corrected chi connectivity index (χ3v) is 3.93. The molecule has 1 N–H and O–H groups in total. The Bertz CT molecular complexity index is 887. The summed E-state index contributed by atoms with van der Waals surface area (Å²) in [7, 11) is 2.44. The molecule has 0 aliphatic rings. The molecule has 8 nitrogen and oxygen atoms in total. The van der Waals surface area contributed by atoms with Gasteiger partial charge in [0.1, 0.15) is 17.8 Å². The first-order valence-corrected chi connectivity index (χ1v) is 7.80. The molecule has 2 aromatic rings. The quantitative estimate of drug-likeness (QED) is 0.801. The van der Waals surface area contributed by atoms with Gasteiger partial charge in [0.05, 0.1) is 7.11 Å². The maximum absolute atomic E-state index is 12.6. The normalized spacial score (nSPS) is 11.1. The maximum atomic E-state index is 12.6. The molecule has 8 heteroatoms. The second-order valence-electron chi connectivity index (χ2n) is 6.18. The van der Waals surface area contributed by atoms with E-state index in [-0.39, 0.29) is 12.4 Å². The third-order valence-electron chi connectivity index (χ3n) is 3.93. The number of carbonyl (C=O) groups excluding carboxylic acids is 2. The molecule has 0 radical (unpaired) electrons. The smallest absolute Gasteiger partial charge is 0.360 e. The van der Waals surface area contributed by atoms with E-state index in [1.54, 1.807) is 0 Å². The van der Waals surface area contributed by atoms with Crippen molar-refractivity contribution in [3.63, 3.8) is 0 Å². The molecular weight excluding hydrogens is 340 g/mol. The van der Waals surface area contributed by atoms with E-state index in [1.807, 2.05) is 30.3 Å². The van der Waals surface area contributed by atoms with Crippen molar-refractivity contribution in [3.8, 4) is 5.75 Å². The highest BCUT2D eigenvalue weighted by molar-refractivity contribution is 5.90. The first-order chi connectivity index (χ1) is 12.2. The highest BCUT2D eigenvalue weighted by Crippen LogP contribution is 2.24. The van der Waals surface area contributed by atoms with Crippen LogP contribution in [0.5, 0.6) is 5.75 Å². The van der Waals surface area contributed by atoms with E-state index < -0.39 is 34.4 Å². The average Bonchev–Trinajstić information content (AvgIpc) is 2.64. The fraction of sp³-hybridized carbons (Fsp3) is 0.333. The standard InChI is InChI=1S/C18H20N2O6/c1-18(2,17(24)26-10-11-8-6-5-7-9-11)16-19-12(15(23)25-4)13(21)14(22)20(16)3/h5-9,21H,10H2,1-4H3. The van der Waals surface area contributed by atoms with Gasteiger partial charge in [0.15, 0.2) is 5.69 Å². The molecule has 0 aliphatic heterocycles. The lowest BCUT2D eigenvalue weighted by Crippen LogP contribution is -2.39. The molecule has 0 unspecified atom stereocenters. The predicted molar refractivity (Wildman–Crippen MR) is 91.7 cm³/mol. The first-order valence-electron chi connectivity index (χ1n) is 7.80. The van der Waals surface area contributed by atoms with Crippen LogP contribution < -0.4 is 5.56 Å². The molecule has 1 aromatic heterocycles. The third kappa shape index (κ3) is 3.58. The predicted octanol–water partition coefficient (Wildman–Crippen LogP) is 1.29. The largest absolute Gasteiger partial charge is 0.501 e. The minimum atomic E-state index is -1.35. The van der Waals surface area contributed by atoms with E-state index in [9.17, 15) is 19.5 Å². The summed E-state index contributed by atoms with van der Waals surface area (Å²) in [6.45, 7) is 3.08. The number of ether oxygens (including phenoxy) is 2.